The summed E-state index contributed by atoms with van der Waals surface area (Å²) in [6.45, 7) is 17.4. The van der Waals surface area contributed by atoms with Crippen LogP contribution in [0.25, 0.3) is 11.1 Å². The molecule has 1 aromatic carbocycles. The van der Waals surface area contributed by atoms with Crippen molar-refractivity contribution >= 4 is 42.6 Å². The van der Waals surface area contributed by atoms with Crippen LogP contribution >= 0.6 is 0 Å². The average molecular weight is 579 g/mol. The van der Waals surface area contributed by atoms with Gasteiger partial charge in [0.15, 0.2) is 16.6 Å². The van der Waals surface area contributed by atoms with Crippen molar-refractivity contribution < 1.29 is 32.5 Å². The molecule has 0 aliphatic rings. The molecule has 0 aliphatic carbocycles. The number of aromatic nitrogens is 1. The molecule has 1 heterocycles. The molecule has 0 bridgehead atoms. The number of nitro groups is 1. The van der Waals surface area contributed by atoms with Gasteiger partial charge in [0.2, 0.25) is 8.32 Å². The minimum Gasteiger partial charge on any atom is -0.516 e. The SMILES string of the molecule is COC(=O)c1c(CO[Si](C)(C)C)nc(CO[Si](C)(C)C)c(C(=O)O[Si](C)(C)C)c1-c1ccccc1[N+](=O)[O-]. The number of carbonyl (C=O) groups is 2. The van der Waals surface area contributed by atoms with E-state index in [4.69, 9.17) is 23.0 Å². The number of para-hydroxylation sites is 1. The van der Waals surface area contributed by atoms with Gasteiger partial charge in [-0.3, -0.25) is 15.1 Å². The summed E-state index contributed by atoms with van der Waals surface area (Å²) in [6, 6.07) is 5.94. The second kappa shape index (κ2) is 12.0. The first kappa shape index (κ1) is 31.5. The third-order valence-corrected chi connectivity index (χ3v) is 7.81. The van der Waals surface area contributed by atoms with Gasteiger partial charge in [0.1, 0.15) is 0 Å². The Morgan fingerprint density at radius 3 is 1.71 bits per heavy atom. The van der Waals surface area contributed by atoms with Crippen LogP contribution in [-0.4, -0.2) is 53.9 Å². The lowest BCUT2D eigenvalue weighted by Crippen LogP contribution is -2.32. The predicted octanol–water partition coefficient (Wildman–Crippen LogP) is 6.14. The van der Waals surface area contributed by atoms with E-state index in [0.29, 0.717) is 0 Å². The van der Waals surface area contributed by atoms with Crippen molar-refractivity contribution in [3.63, 3.8) is 0 Å². The number of pyridine rings is 1. The Balaban J connectivity index is 3.10. The monoisotopic (exact) mass is 578 g/mol. The molecule has 38 heavy (non-hydrogen) atoms. The van der Waals surface area contributed by atoms with Crippen LogP contribution in [0.1, 0.15) is 32.1 Å². The van der Waals surface area contributed by atoms with Crippen molar-refractivity contribution in [3.8, 4) is 11.1 Å². The number of nitrogens with zero attached hydrogens (tertiary/aromatic N) is 2. The molecule has 13 heteroatoms. The Bertz CT molecular complexity index is 1210. The molecule has 0 aliphatic heterocycles. The first-order valence-corrected chi connectivity index (χ1v) is 22.5. The number of hydrogen-bond acceptors (Lipinski definition) is 9. The Morgan fingerprint density at radius 1 is 0.816 bits per heavy atom. The van der Waals surface area contributed by atoms with Crippen LogP contribution in [-0.2, 0) is 31.2 Å². The normalized spacial score (nSPS) is 12.3. The molecule has 10 nitrogen and oxygen atoms in total. The Labute approximate surface area is 227 Å². The van der Waals surface area contributed by atoms with Crippen LogP contribution in [0.5, 0.6) is 0 Å². The molecule has 0 saturated heterocycles. The first-order chi connectivity index (χ1) is 17.3. The molecular weight excluding hydrogens is 541 g/mol. The number of ether oxygens (including phenoxy) is 1. The van der Waals surface area contributed by atoms with Gasteiger partial charge in [-0.1, -0.05) is 12.1 Å². The summed E-state index contributed by atoms with van der Waals surface area (Å²) in [4.78, 5) is 43.2. The molecule has 1 aromatic heterocycles. The van der Waals surface area contributed by atoms with E-state index in [2.05, 4.69) is 0 Å². The molecule has 208 valence electrons. The third kappa shape index (κ3) is 8.66. The molecule has 0 saturated carbocycles. The second-order valence-electron chi connectivity index (χ2n) is 11.7. The van der Waals surface area contributed by atoms with E-state index < -0.39 is 41.8 Å². The Kier molecular flexibility index (Phi) is 9.94. The van der Waals surface area contributed by atoms with E-state index in [-0.39, 0.29) is 52.5 Å². The van der Waals surface area contributed by atoms with Crippen LogP contribution in [0.2, 0.25) is 58.9 Å². The summed E-state index contributed by atoms with van der Waals surface area (Å²) in [7, 11) is -5.39. The molecule has 0 fully saturated rings. The lowest BCUT2D eigenvalue weighted by Gasteiger charge is -2.25. The predicted molar refractivity (Wildman–Crippen MR) is 153 cm³/mol. The molecule has 0 radical (unpaired) electrons. The Hall–Kier alpha value is -2.72. The van der Waals surface area contributed by atoms with Crippen molar-refractivity contribution in [3.05, 3.63) is 56.9 Å². The quantitative estimate of drug-likeness (QED) is 0.134. The van der Waals surface area contributed by atoms with Gasteiger partial charge in [-0.2, -0.15) is 0 Å². The molecule has 0 spiro atoms. The zero-order valence-electron chi connectivity index (χ0n) is 23.9. The maximum absolute atomic E-state index is 13.8. The van der Waals surface area contributed by atoms with Gasteiger partial charge in [-0.05, 0) is 65.0 Å². The molecule has 0 unspecified atom stereocenters. The van der Waals surface area contributed by atoms with Gasteiger partial charge >= 0.3 is 11.9 Å². The maximum atomic E-state index is 13.8. The van der Waals surface area contributed by atoms with Gasteiger partial charge in [0.05, 0.1) is 53.3 Å². The highest BCUT2D eigenvalue weighted by atomic mass is 28.4. The third-order valence-electron chi connectivity index (χ3n) is 4.99. The number of carbonyl (C=O) groups excluding carboxylic acids is 2. The van der Waals surface area contributed by atoms with Crippen molar-refractivity contribution in [1.29, 1.82) is 0 Å². The lowest BCUT2D eigenvalue weighted by molar-refractivity contribution is -0.384. The number of rotatable bonds is 11. The van der Waals surface area contributed by atoms with Crippen LogP contribution in [0.4, 0.5) is 5.69 Å². The van der Waals surface area contributed by atoms with Crippen LogP contribution in [0, 0.1) is 10.1 Å². The van der Waals surface area contributed by atoms with Crippen LogP contribution < -0.4 is 0 Å². The van der Waals surface area contributed by atoms with Crippen molar-refractivity contribution in [2.45, 2.75) is 72.1 Å². The van der Waals surface area contributed by atoms with E-state index in [1.54, 1.807) is 6.07 Å². The lowest BCUT2D eigenvalue weighted by atomic mass is 9.91. The molecular formula is C25H38N2O8Si3. The zero-order chi connectivity index (χ0) is 29.1. The van der Waals surface area contributed by atoms with E-state index in [1.807, 2.05) is 58.9 Å². The summed E-state index contributed by atoms with van der Waals surface area (Å²) < 4.78 is 23.2. The minimum absolute atomic E-state index is 0.0331. The largest absolute Gasteiger partial charge is 0.516 e. The fourth-order valence-corrected chi connectivity index (χ4v) is 5.25. The highest BCUT2D eigenvalue weighted by Gasteiger charge is 2.35. The highest BCUT2D eigenvalue weighted by Crippen LogP contribution is 2.39. The van der Waals surface area contributed by atoms with Crippen molar-refractivity contribution in [1.82, 2.24) is 4.98 Å². The molecule has 2 rings (SSSR count). The fourth-order valence-electron chi connectivity index (χ4n) is 3.45. The van der Waals surface area contributed by atoms with E-state index in [9.17, 15) is 19.7 Å². The van der Waals surface area contributed by atoms with Crippen LogP contribution in [0.3, 0.4) is 0 Å². The van der Waals surface area contributed by atoms with Gasteiger partial charge in [0, 0.05) is 11.6 Å². The number of esters is 1. The molecule has 0 atom stereocenters. The van der Waals surface area contributed by atoms with Gasteiger partial charge < -0.3 is 18.0 Å². The van der Waals surface area contributed by atoms with E-state index in [1.165, 1.54) is 25.3 Å². The van der Waals surface area contributed by atoms with E-state index >= 15 is 0 Å². The number of benzene rings is 1. The zero-order valence-corrected chi connectivity index (χ0v) is 26.9. The number of methoxy groups -OCH3 is 1. The second-order valence-corrected chi connectivity index (χ2v) is 25.2. The standard InChI is InChI=1S/C25H38N2O8Si3/c1-32-24(28)22-18(15-33-36(2,3)4)26-19(16-34-37(5,6)7)23(25(29)35-38(8,9)10)21(22)17-13-11-12-14-20(17)27(30)31/h11-14H,15-16H2,1-10H3. The van der Waals surface area contributed by atoms with Crippen LogP contribution in [0.15, 0.2) is 24.3 Å². The average Bonchev–Trinajstić information content (AvgIpc) is 2.77. The molecule has 2 aromatic rings. The first-order valence-electron chi connectivity index (χ1n) is 12.2. The summed E-state index contributed by atoms with van der Waals surface area (Å²) in [5.74, 6) is -1.51. The van der Waals surface area contributed by atoms with Gasteiger partial charge in [-0.25, -0.2) is 9.59 Å². The number of hydrogen-bond donors (Lipinski definition) is 0. The van der Waals surface area contributed by atoms with Gasteiger partial charge in [0.25, 0.3) is 5.69 Å². The summed E-state index contributed by atoms with van der Waals surface area (Å²) in [6.07, 6.45) is 0. The fraction of sp³-hybridized carbons (Fsp3) is 0.480. The molecule has 0 N–H and O–H groups in total. The van der Waals surface area contributed by atoms with Gasteiger partial charge in [-0.15, -0.1) is 0 Å². The van der Waals surface area contributed by atoms with Crippen molar-refractivity contribution in [2.75, 3.05) is 7.11 Å². The summed E-state index contributed by atoms with van der Waals surface area (Å²) in [5, 5.41) is 12.1. The minimum atomic E-state index is -2.43. The van der Waals surface area contributed by atoms with Crippen molar-refractivity contribution in [2.24, 2.45) is 0 Å². The summed E-state index contributed by atoms with van der Waals surface area (Å²) >= 11 is 0. The smallest absolute Gasteiger partial charge is 0.340 e. The van der Waals surface area contributed by atoms with E-state index in [0.717, 1.165) is 0 Å². The highest BCUT2D eigenvalue weighted by molar-refractivity contribution is 6.71. The topological polar surface area (TPSA) is 127 Å². The molecule has 0 amide bonds. The number of nitro benzene ring substituents is 1. The Morgan fingerprint density at radius 2 is 1.29 bits per heavy atom. The maximum Gasteiger partial charge on any atom is 0.340 e. The summed E-state index contributed by atoms with van der Waals surface area (Å²) in [5.41, 5.74) is 0.158.